The molecule has 0 saturated heterocycles. The van der Waals surface area contributed by atoms with Crippen molar-refractivity contribution in [2.45, 2.75) is 0 Å². The lowest BCUT2D eigenvalue weighted by Crippen LogP contribution is -2.08. The van der Waals surface area contributed by atoms with E-state index in [-0.39, 0.29) is 5.43 Å². The van der Waals surface area contributed by atoms with Crippen molar-refractivity contribution < 1.29 is 0 Å². The molecule has 0 spiro atoms. The van der Waals surface area contributed by atoms with E-state index in [0.717, 1.165) is 0 Å². The molecule has 1 aromatic carbocycles. The van der Waals surface area contributed by atoms with Crippen LogP contribution in [0.25, 0.3) is 21.9 Å². The van der Waals surface area contributed by atoms with Gasteiger partial charge >= 0.3 is 0 Å². The number of nitrogens with zero attached hydrogens (tertiary/aromatic N) is 2. The smallest absolute Gasteiger partial charge is 0.216 e. The van der Waals surface area contributed by atoms with Gasteiger partial charge in [-0.05, 0) is 12.1 Å². The van der Waals surface area contributed by atoms with Crippen LogP contribution in [0.4, 0.5) is 0 Å². The molecule has 0 aliphatic carbocycles. The Hall–Kier alpha value is -1.52. The van der Waals surface area contributed by atoms with Gasteiger partial charge in [0.1, 0.15) is 5.52 Å². The molecule has 4 nitrogen and oxygen atoms in total. The zero-order valence-corrected chi connectivity index (χ0v) is 10.3. The molecule has 0 fully saturated rings. The van der Waals surface area contributed by atoms with Crippen LogP contribution >= 0.6 is 23.2 Å². The van der Waals surface area contributed by atoms with Crippen molar-refractivity contribution in [2.75, 3.05) is 0 Å². The van der Waals surface area contributed by atoms with Crippen LogP contribution < -0.4 is 5.43 Å². The number of rotatable bonds is 0. The van der Waals surface area contributed by atoms with Crippen LogP contribution in [0.5, 0.6) is 0 Å². The molecule has 0 amide bonds. The maximum Gasteiger partial charge on any atom is 0.216 e. The van der Waals surface area contributed by atoms with Gasteiger partial charge in [-0.25, -0.2) is 0 Å². The molecule has 0 saturated carbocycles. The standard InChI is InChI=1S/C11H7Cl2N3O/c1-16-10-7(4-14-16)15-9-6(13)3-2-5(12)8(9)11(10)17/h2-4H,1H3,(H,15,17). The predicted octanol–water partition coefficient (Wildman–Crippen LogP) is 2.72. The van der Waals surface area contributed by atoms with E-state index in [4.69, 9.17) is 23.2 Å². The molecule has 3 aromatic rings. The summed E-state index contributed by atoms with van der Waals surface area (Å²) in [5, 5.41) is 5.28. The third kappa shape index (κ3) is 1.38. The fraction of sp³-hybridized carbons (Fsp3) is 0.0909. The number of benzene rings is 1. The number of aryl methyl sites for hydroxylation is 1. The Bertz CT molecular complexity index is 804. The minimum Gasteiger partial charge on any atom is -0.350 e. The number of H-pyrrole nitrogens is 1. The maximum atomic E-state index is 12.3. The van der Waals surface area contributed by atoms with Gasteiger partial charge in [0.25, 0.3) is 0 Å². The molecule has 86 valence electrons. The summed E-state index contributed by atoms with van der Waals surface area (Å²) in [6, 6.07) is 3.27. The van der Waals surface area contributed by atoms with E-state index in [0.29, 0.717) is 32.0 Å². The lowest BCUT2D eigenvalue weighted by atomic mass is 10.2. The molecule has 0 atom stereocenters. The summed E-state index contributed by atoms with van der Waals surface area (Å²) in [6.07, 6.45) is 1.59. The van der Waals surface area contributed by atoms with Crippen LogP contribution in [0.15, 0.2) is 23.1 Å². The van der Waals surface area contributed by atoms with Gasteiger partial charge in [0.2, 0.25) is 5.43 Å². The first kappa shape index (κ1) is 10.6. The van der Waals surface area contributed by atoms with Gasteiger partial charge in [0.05, 0.1) is 32.7 Å². The Morgan fingerprint density at radius 3 is 2.76 bits per heavy atom. The lowest BCUT2D eigenvalue weighted by Gasteiger charge is -2.03. The van der Waals surface area contributed by atoms with Gasteiger partial charge < -0.3 is 4.98 Å². The number of nitrogens with one attached hydrogen (secondary N) is 1. The number of aromatic amines is 1. The number of aromatic nitrogens is 3. The van der Waals surface area contributed by atoms with Gasteiger partial charge in [0.15, 0.2) is 0 Å². The third-order valence-electron chi connectivity index (χ3n) is 2.74. The fourth-order valence-corrected chi connectivity index (χ4v) is 2.40. The van der Waals surface area contributed by atoms with E-state index < -0.39 is 0 Å². The highest BCUT2D eigenvalue weighted by Crippen LogP contribution is 2.27. The van der Waals surface area contributed by atoms with E-state index in [1.807, 2.05) is 0 Å². The molecule has 0 unspecified atom stereocenters. The summed E-state index contributed by atoms with van der Waals surface area (Å²) in [7, 11) is 1.71. The molecular weight excluding hydrogens is 261 g/mol. The predicted molar refractivity (Wildman–Crippen MR) is 68.9 cm³/mol. The highest BCUT2D eigenvalue weighted by atomic mass is 35.5. The van der Waals surface area contributed by atoms with Crippen LogP contribution in [-0.4, -0.2) is 14.8 Å². The lowest BCUT2D eigenvalue weighted by molar-refractivity contribution is 0.795. The van der Waals surface area contributed by atoms with Gasteiger partial charge in [-0.15, -0.1) is 0 Å². The van der Waals surface area contributed by atoms with Crippen LogP contribution in [0, 0.1) is 0 Å². The van der Waals surface area contributed by atoms with Crippen molar-refractivity contribution in [3.63, 3.8) is 0 Å². The quantitative estimate of drug-likeness (QED) is 0.681. The van der Waals surface area contributed by atoms with E-state index in [1.54, 1.807) is 25.4 Å². The molecular formula is C11H7Cl2N3O. The van der Waals surface area contributed by atoms with Crippen LogP contribution in [0.3, 0.4) is 0 Å². The molecule has 2 heterocycles. The van der Waals surface area contributed by atoms with Crippen molar-refractivity contribution >= 4 is 45.1 Å². The SMILES string of the molecule is Cn1ncc2[nH]c3c(Cl)ccc(Cl)c3c(=O)c21. The van der Waals surface area contributed by atoms with E-state index in [2.05, 4.69) is 10.1 Å². The van der Waals surface area contributed by atoms with E-state index in [9.17, 15) is 4.79 Å². The molecule has 2 aromatic heterocycles. The minimum atomic E-state index is -0.166. The molecule has 3 rings (SSSR count). The number of hydrogen-bond donors (Lipinski definition) is 1. The summed E-state index contributed by atoms with van der Waals surface area (Å²) in [6.45, 7) is 0. The normalized spacial score (nSPS) is 11.5. The summed E-state index contributed by atoms with van der Waals surface area (Å²) < 4.78 is 1.52. The summed E-state index contributed by atoms with van der Waals surface area (Å²) in [4.78, 5) is 15.4. The molecule has 6 heteroatoms. The van der Waals surface area contributed by atoms with Crippen molar-refractivity contribution in [1.82, 2.24) is 14.8 Å². The zero-order valence-electron chi connectivity index (χ0n) is 8.79. The first-order chi connectivity index (χ1) is 8.09. The van der Waals surface area contributed by atoms with E-state index in [1.165, 1.54) is 4.68 Å². The molecule has 0 aliphatic rings. The first-order valence-corrected chi connectivity index (χ1v) is 5.67. The van der Waals surface area contributed by atoms with Crippen molar-refractivity contribution in [2.24, 2.45) is 7.05 Å². The Labute approximate surface area is 106 Å². The summed E-state index contributed by atoms with van der Waals surface area (Å²) >= 11 is 12.1. The van der Waals surface area contributed by atoms with Gasteiger partial charge in [-0.2, -0.15) is 5.10 Å². The second kappa shape index (κ2) is 3.48. The highest BCUT2D eigenvalue weighted by Gasteiger charge is 2.13. The molecule has 17 heavy (non-hydrogen) atoms. The van der Waals surface area contributed by atoms with Crippen LogP contribution in [0.2, 0.25) is 10.0 Å². The number of fused-ring (bicyclic) bond motifs is 2. The Morgan fingerprint density at radius 2 is 2.00 bits per heavy atom. The molecule has 1 N–H and O–H groups in total. The van der Waals surface area contributed by atoms with Crippen molar-refractivity contribution in [1.29, 1.82) is 0 Å². The average Bonchev–Trinajstić information content (AvgIpc) is 2.66. The second-order valence-corrected chi connectivity index (χ2v) is 4.58. The van der Waals surface area contributed by atoms with Gasteiger partial charge in [-0.1, -0.05) is 23.2 Å². The number of pyridine rings is 1. The average molecular weight is 268 g/mol. The Kier molecular flexibility index (Phi) is 2.18. The Balaban J connectivity index is 2.71. The zero-order chi connectivity index (χ0) is 12.2. The van der Waals surface area contributed by atoms with Crippen molar-refractivity contribution in [3.8, 4) is 0 Å². The molecule has 0 aliphatic heterocycles. The van der Waals surface area contributed by atoms with Gasteiger partial charge in [-0.3, -0.25) is 9.48 Å². The minimum absolute atomic E-state index is 0.166. The van der Waals surface area contributed by atoms with Crippen LogP contribution in [-0.2, 0) is 7.05 Å². The molecule has 0 bridgehead atoms. The second-order valence-electron chi connectivity index (χ2n) is 3.76. The highest BCUT2D eigenvalue weighted by molar-refractivity contribution is 6.40. The summed E-state index contributed by atoms with van der Waals surface area (Å²) in [5.74, 6) is 0. The van der Waals surface area contributed by atoms with Crippen LogP contribution in [0.1, 0.15) is 0 Å². The van der Waals surface area contributed by atoms with E-state index >= 15 is 0 Å². The monoisotopic (exact) mass is 267 g/mol. The largest absolute Gasteiger partial charge is 0.350 e. The third-order valence-corrected chi connectivity index (χ3v) is 3.37. The number of hydrogen-bond acceptors (Lipinski definition) is 2. The van der Waals surface area contributed by atoms with Crippen molar-refractivity contribution in [3.05, 3.63) is 38.6 Å². The molecule has 0 radical (unpaired) electrons. The maximum absolute atomic E-state index is 12.3. The first-order valence-electron chi connectivity index (χ1n) is 4.91. The fourth-order valence-electron chi connectivity index (χ4n) is 1.95. The van der Waals surface area contributed by atoms with Gasteiger partial charge in [0, 0.05) is 7.05 Å². The summed E-state index contributed by atoms with van der Waals surface area (Å²) in [5.41, 5.74) is 1.52. The number of halogens is 2. The Morgan fingerprint density at radius 1 is 1.29 bits per heavy atom. The topological polar surface area (TPSA) is 50.7 Å².